The second-order valence-electron chi connectivity index (χ2n) is 7.01. The molecule has 134 valence electrons. The molecule has 0 aliphatic carbocycles. The van der Waals surface area contributed by atoms with Crippen LogP contribution >= 0.6 is 0 Å². The van der Waals surface area contributed by atoms with Gasteiger partial charge in [-0.15, -0.1) is 0 Å². The lowest BCUT2D eigenvalue weighted by molar-refractivity contribution is -0.0948. The maximum atomic E-state index is 13.7. The van der Waals surface area contributed by atoms with Gasteiger partial charge in [-0.1, -0.05) is 0 Å². The molecule has 5 nitrogen and oxygen atoms in total. The minimum Gasteiger partial charge on any atom is -0.494 e. The van der Waals surface area contributed by atoms with Crippen LogP contribution in [0.1, 0.15) is 38.1 Å². The molecule has 0 saturated carbocycles. The van der Waals surface area contributed by atoms with Crippen molar-refractivity contribution >= 4 is 5.91 Å². The highest BCUT2D eigenvalue weighted by Crippen LogP contribution is 2.21. The van der Waals surface area contributed by atoms with E-state index in [9.17, 15) is 9.18 Å². The minimum atomic E-state index is -0.541. The predicted octanol–water partition coefficient (Wildman–Crippen LogP) is 2.45. The van der Waals surface area contributed by atoms with Gasteiger partial charge in [0, 0.05) is 30.7 Å². The van der Waals surface area contributed by atoms with E-state index >= 15 is 0 Å². The third-order valence-corrected chi connectivity index (χ3v) is 4.37. The van der Waals surface area contributed by atoms with Crippen LogP contribution in [0, 0.1) is 5.82 Å². The van der Waals surface area contributed by atoms with E-state index in [2.05, 4.69) is 37.9 Å². The standard InChI is InChI=1S/C18H27FN2O3/c1-12-9-21(10-13(2)24-12)18(3,4)11-20-17(22)14-6-7-16(23-5)15(19)8-14/h6-8,12-13H,9-11H2,1-5H3,(H,20,22)/t12-,13+. The number of nitrogens with one attached hydrogen (secondary N) is 1. The van der Waals surface area contributed by atoms with E-state index in [-0.39, 0.29) is 35.0 Å². The SMILES string of the molecule is COc1ccc(C(=O)NCC(C)(C)N2C[C@@H](C)O[C@@H](C)C2)cc1F. The average Bonchev–Trinajstić information content (AvgIpc) is 2.51. The Morgan fingerprint density at radius 1 is 1.38 bits per heavy atom. The molecule has 0 radical (unpaired) electrons. The first-order chi connectivity index (χ1) is 11.2. The summed E-state index contributed by atoms with van der Waals surface area (Å²) in [5, 5.41) is 2.90. The highest BCUT2D eigenvalue weighted by atomic mass is 19.1. The van der Waals surface area contributed by atoms with E-state index in [0.717, 1.165) is 13.1 Å². The summed E-state index contributed by atoms with van der Waals surface area (Å²) in [5.74, 6) is -0.706. The Morgan fingerprint density at radius 3 is 2.54 bits per heavy atom. The summed E-state index contributed by atoms with van der Waals surface area (Å²) in [6.07, 6.45) is 0.332. The molecule has 1 amide bonds. The summed E-state index contributed by atoms with van der Waals surface area (Å²) in [5.41, 5.74) is 0.0697. The molecule has 1 aromatic carbocycles. The maximum Gasteiger partial charge on any atom is 0.251 e. The summed E-state index contributed by atoms with van der Waals surface area (Å²) in [6.45, 7) is 10.4. The normalized spacial score (nSPS) is 22.2. The van der Waals surface area contributed by atoms with Gasteiger partial charge in [-0.3, -0.25) is 9.69 Å². The van der Waals surface area contributed by atoms with Crippen LogP contribution in [0.25, 0.3) is 0 Å². The Hall–Kier alpha value is -1.66. The molecule has 24 heavy (non-hydrogen) atoms. The molecule has 1 fully saturated rings. The Balaban J connectivity index is 1.98. The van der Waals surface area contributed by atoms with Gasteiger partial charge in [0.05, 0.1) is 19.3 Å². The monoisotopic (exact) mass is 338 g/mol. The zero-order chi connectivity index (χ0) is 17.9. The van der Waals surface area contributed by atoms with E-state index in [1.54, 1.807) is 6.07 Å². The van der Waals surface area contributed by atoms with Crippen molar-refractivity contribution in [3.63, 3.8) is 0 Å². The summed E-state index contributed by atoms with van der Waals surface area (Å²) in [6, 6.07) is 4.21. The van der Waals surface area contributed by atoms with Gasteiger partial charge in [0.1, 0.15) is 0 Å². The van der Waals surface area contributed by atoms with Crippen molar-refractivity contribution in [2.45, 2.75) is 45.4 Å². The fourth-order valence-electron chi connectivity index (χ4n) is 2.99. The third-order valence-electron chi connectivity index (χ3n) is 4.37. The summed E-state index contributed by atoms with van der Waals surface area (Å²) < 4.78 is 24.4. The number of halogens is 1. The molecule has 1 aliphatic heterocycles. The lowest BCUT2D eigenvalue weighted by atomic mass is 10.00. The zero-order valence-electron chi connectivity index (χ0n) is 15.1. The number of amides is 1. The zero-order valence-corrected chi connectivity index (χ0v) is 15.1. The molecule has 1 saturated heterocycles. The van der Waals surface area contributed by atoms with Crippen LogP contribution in [0.15, 0.2) is 18.2 Å². The Bertz CT molecular complexity index is 582. The minimum absolute atomic E-state index is 0.128. The van der Waals surface area contributed by atoms with Gasteiger partial charge in [0.2, 0.25) is 0 Å². The van der Waals surface area contributed by atoms with Gasteiger partial charge in [-0.25, -0.2) is 4.39 Å². The first-order valence-electron chi connectivity index (χ1n) is 8.25. The van der Waals surface area contributed by atoms with Crippen LogP contribution in [0.3, 0.4) is 0 Å². The van der Waals surface area contributed by atoms with Gasteiger partial charge < -0.3 is 14.8 Å². The number of hydrogen-bond acceptors (Lipinski definition) is 4. The van der Waals surface area contributed by atoms with Crippen LogP contribution in [-0.4, -0.2) is 55.3 Å². The first-order valence-corrected chi connectivity index (χ1v) is 8.25. The van der Waals surface area contributed by atoms with E-state index in [1.165, 1.54) is 19.2 Å². The second kappa shape index (κ2) is 7.49. The number of rotatable bonds is 5. The lowest BCUT2D eigenvalue weighted by Crippen LogP contribution is -2.58. The summed E-state index contributed by atoms with van der Waals surface area (Å²) in [4.78, 5) is 14.6. The van der Waals surface area contributed by atoms with Gasteiger partial charge in [-0.2, -0.15) is 0 Å². The molecule has 0 aromatic heterocycles. The smallest absolute Gasteiger partial charge is 0.251 e. The highest BCUT2D eigenvalue weighted by molar-refractivity contribution is 5.94. The van der Waals surface area contributed by atoms with Crippen molar-refractivity contribution in [1.82, 2.24) is 10.2 Å². The van der Waals surface area contributed by atoms with Crippen LogP contribution in [0.4, 0.5) is 4.39 Å². The number of carbonyl (C=O) groups is 1. The Morgan fingerprint density at radius 2 is 2.00 bits per heavy atom. The fraction of sp³-hybridized carbons (Fsp3) is 0.611. The van der Waals surface area contributed by atoms with Crippen molar-refractivity contribution in [1.29, 1.82) is 0 Å². The van der Waals surface area contributed by atoms with E-state index in [1.807, 2.05) is 0 Å². The van der Waals surface area contributed by atoms with E-state index in [0.29, 0.717) is 6.54 Å². The lowest BCUT2D eigenvalue weighted by Gasteiger charge is -2.45. The summed E-state index contributed by atoms with van der Waals surface area (Å²) in [7, 11) is 1.39. The molecule has 1 aromatic rings. The third kappa shape index (κ3) is 4.45. The number of nitrogens with zero attached hydrogens (tertiary/aromatic N) is 1. The Labute approximate surface area is 143 Å². The number of morpholine rings is 1. The number of hydrogen-bond donors (Lipinski definition) is 1. The van der Waals surface area contributed by atoms with Gasteiger partial charge in [-0.05, 0) is 45.9 Å². The molecule has 1 N–H and O–H groups in total. The number of ether oxygens (including phenoxy) is 2. The number of benzene rings is 1. The molecular weight excluding hydrogens is 311 g/mol. The molecule has 1 heterocycles. The van der Waals surface area contributed by atoms with Crippen LogP contribution in [0.5, 0.6) is 5.75 Å². The number of carbonyl (C=O) groups excluding carboxylic acids is 1. The van der Waals surface area contributed by atoms with Crippen LogP contribution < -0.4 is 10.1 Å². The number of methoxy groups -OCH3 is 1. The largest absolute Gasteiger partial charge is 0.494 e. The molecule has 0 unspecified atom stereocenters. The molecular formula is C18H27FN2O3. The molecule has 2 rings (SSSR count). The summed E-state index contributed by atoms with van der Waals surface area (Å²) >= 11 is 0. The fourth-order valence-corrected chi connectivity index (χ4v) is 2.99. The van der Waals surface area contributed by atoms with Crippen molar-refractivity contribution in [2.75, 3.05) is 26.7 Å². The van der Waals surface area contributed by atoms with Crippen LogP contribution in [-0.2, 0) is 4.74 Å². The molecule has 6 heteroatoms. The van der Waals surface area contributed by atoms with Crippen LogP contribution in [0.2, 0.25) is 0 Å². The van der Waals surface area contributed by atoms with Gasteiger partial charge >= 0.3 is 0 Å². The van der Waals surface area contributed by atoms with Crippen molar-refractivity contribution in [3.8, 4) is 5.75 Å². The average molecular weight is 338 g/mol. The van der Waals surface area contributed by atoms with Gasteiger partial charge in [0.25, 0.3) is 5.91 Å². The second-order valence-corrected chi connectivity index (χ2v) is 7.01. The topological polar surface area (TPSA) is 50.8 Å². The highest BCUT2D eigenvalue weighted by Gasteiger charge is 2.33. The predicted molar refractivity (Wildman–Crippen MR) is 90.9 cm³/mol. The van der Waals surface area contributed by atoms with E-state index in [4.69, 9.17) is 9.47 Å². The maximum absolute atomic E-state index is 13.7. The van der Waals surface area contributed by atoms with Crippen molar-refractivity contribution in [3.05, 3.63) is 29.6 Å². The molecule has 0 bridgehead atoms. The Kier molecular flexibility index (Phi) is 5.83. The van der Waals surface area contributed by atoms with Crippen molar-refractivity contribution < 1.29 is 18.7 Å². The molecule has 1 aliphatic rings. The van der Waals surface area contributed by atoms with E-state index < -0.39 is 5.82 Å². The van der Waals surface area contributed by atoms with Gasteiger partial charge in [0.15, 0.2) is 11.6 Å². The first kappa shape index (κ1) is 18.7. The van der Waals surface area contributed by atoms with Crippen molar-refractivity contribution in [2.24, 2.45) is 0 Å². The molecule has 2 atom stereocenters. The quantitative estimate of drug-likeness (QED) is 0.896. The molecule has 0 spiro atoms.